The van der Waals surface area contributed by atoms with E-state index in [1.807, 2.05) is 55.5 Å². The minimum atomic E-state index is -0.105. The van der Waals surface area contributed by atoms with Gasteiger partial charge < -0.3 is 15.0 Å². The Labute approximate surface area is 148 Å². The van der Waals surface area contributed by atoms with Crippen molar-refractivity contribution in [3.63, 3.8) is 0 Å². The molecule has 2 rings (SSSR count). The van der Waals surface area contributed by atoms with Gasteiger partial charge in [-0.15, -0.1) is 0 Å². The van der Waals surface area contributed by atoms with Crippen LogP contribution in [-0.2, 0) is 16.1 Å². The summed E-state index contributed by atoms with van der Waals surface area (Å²) in [6.45, 7) is 4.33. The Bertz CT molecular complexity index is 726. The van der Waals surface area contributed by atoms with E-state index in [1.54, 1.807) is 12.0 Å². The minimum Gasteiger partial charge on any atom is -0.497 e. The molecule has 0 aromatic heterocycles. The Morgan fingerprint density at radius 1 is 1.12 bits per heavy atom. The molecular weight excluding hydrogens is 316 g/mol. The molecule has 0 saturated carbocycles. The summed E-state index contributed by atoms with van der Waals surface area (Å²) in [5.74, 6) is 0.612. The Balaban J connectivity index is 1.90. The van der Waals surface area contributed by atoms with E-state index in [-0.39, 0.29) is 18.2 Å². The van der Waals surface area contributed by atoms with Crippen LogP contribution in [0.2, 0.25) is 0 Å². The summed E-state index contributed by atoms with van der Waals surface area (Å²) in [6, 6.07) is 15.2. The molecule has 5 nitrogen and oxygen atoms in total. The van der Waals surface area contributed by atoms with Crippen molar-refractivity contribution in [3.05, 3.63) is 59.7 Å². The first-order valence-corrected chi connectivity index (χ1v) is 8.23. The molecule has 1 N–H and O–H groups in total. The van der Waals surface area contributed by atoms with E-state index in [1.165, 1.54) is 6.92 Å². The lowest BCUT2D eigenvalue weighted by molar-refractivity contribution is -0.129. The van der Waals surface area contributed by atoms with Crippen LogP contribution in [0.25, 0.3) is 0 Å². The van der Waals surface area contributed by atoms with Crippen LogP contribution in [0.5, 0.6) is 5.75 Å². The van der Waals surface area contributed by atoms with Crippen LogP contribution in [0.15, 0.2) is 48.5 Å². The first kappa shape index (κ1) is 18.5. The standard InChI is InChI=1S/C20H24N2O3/c1-15-5-4-6-18(13-15)21-20(24)11-12-22(16(2)23)14-17-7-9-19(25-3)10-8-17/h4-10,13H,11-12,14H2,1-3H3,(H,21,24). The normalized spacial score (nSPS) is 10.2. The molecule has 0 aliphatic rings. The van der Waals surface area contributed by atoms with E-state index in [9.17, 15) is 9.59 Å². The van der Waals surface area contributed by atoms with Gasteiger partial charge in [0.2, 0.25) is 11.8 Å². The van der Waals surface area contributed by atoms with Gasteiger partial charge in [0.15, 0.2) is 0 Å². The summed E-state index contributed by atoms with van der Waals surface area (Å²) in [6.07, 6.45) is 0.254. The highest BCUT2D eigenvalue weighted by Crippen LogP contribution is 2.14. The maximum atomic E-state index is 12.1. The van der Waals surface area contributed by atoms with Crippen LogP contribution >= 0.6 is 0 Å². The maximum absolute atomic E-state index is 12.1. The molecule has 2 amide bonds. The Hall–Kier alpha value is -2.82. The van der Waals surface area contributed by atoms with Crippen LogP contribution in [0.3, 0.4) is 0 Å². The lowest BCUT2D eigenvalue weighted by atomic mass is 10.2. The molecule has 0 aliphatic heterocycles. The Kier molecular flexibility index (Phi) is 6.57. The summed E-state index contributed by atoms with van der Waals surface area (Å²) >= 11 is 0. The van der Waals surface area contributed by atoms with E-state index >= 15 is 0 Å². The van der Waals surface area contributed by atoms with Crippen molar-refractivity contribution < 1.29 is 14.3 Å². The van der Waals surface area contributed by atoms with Gasteiger partial charge in [0, 0.05) is 32.1 Å². The van der Waals surface area contributed by atoms with Gasteiger partial charge in [0.05, 0.1) is 7.11 Å². The van der Waals surface area contributed by atoms with Gasteiger partial charge in [0.25, 0.3) is 0 Å². The number of nitrogens with zero attached hydrogens (tertiary/aromatic N) is 1. The van der Waals surface area contributed by atoms with Crippen LogP contribution in [-0.4, -0.2) is 30.4 Å². The van der Waals surface area contributed by atoms with Crippen molar-refractivity contribution in [2.75, 3.05) is 19.0 Å². The van der Waals surface area contributed by atoms with E-state index in [2.05, 4.69) is 5.32 Å². The second kappa shape index (κ2) is 8.87. The zero-order chi connectivity index (χ0) is 18.2. The monoisotopic (exact) mass is 340 g/mol. The Morgan fingerprint density at radius 2 is 1.84 bits per heavy atom. The second-order valence-electron chi connectivity index (χ2n) is 5.96. The predicted molar refractivity (Wildman–Crippen MR) is 98.5 cm³/mol. The quantitative estimate of drug-likeness (QED) is 0.840. The molecule has 0 fully saturated rings. The van der Waals surface area contributed by atoms with Gasteiger partial charge >= 0.3 is 0 Å². The summed E-state index contributed by atoms with van der Waals surface area (Å²) in [7, 11) is 1.61. The number of nitrogens with one attached hydrogen (secondary N) is 1. The van der Waals surface area contributed by atoms with E-state index in [0.29, 0.717) is 13.1 Å². The van der Waals surface area contributed by atoms with Crippen molar-refractivity contribution in [1.29, 1.82) is 0 Å². The minimum absolute atomic E-state index is 0.0563. The fraction of sp³-hybridized carbons (Fsp3) is 0.300. The van der Waals surface area contributed by atoms with Gasteiger partial charge in [-0.2, -0.15) is 0 Å². The SMILES string of the molecule is COc1ccc(CN(CCC(=O)Nc2cccc(C)c2)C(C)=O)cc1. The lowest BCUT2D eigenvalue weighted by Gasteiger charge is -2.21. The number of hydrogen-bond donors (Lipinski definition) is 1. The van der Waals surface area contributed by atoms with Crippen molar-refractivity contribution in [2.24, 2.45) is 0 Å². The van der Waals surface area contributed by atoms with Gasteiger partial charge in [-0.3, -0.25) is 9.59 Å². The lowest BCUT2D eigenvalue weighted by Crippen LogP contribution is -2.31. The number of carbonyl (C=O) groups excluding carboxylic acids is 2. The van der Waals surface area contributed by atoms with E-state index in [4.69, 9.17) is 4.74 Å². The fourth-order valence-corrected chi connectivity index (χ4v) is 2.48. The number of benzene rings is 2. The summed E-state index contributed by atoms with van der Waals surface area (Å²) in [5, 5.41) is 2.86. The molecule has 0 aliphatic carbocycles. The molecule has 5 heteroatoms. The Morgan fingerprint density at radius 3 is 2.44 bits per heavy atom. The number of ether oxygens (including phenoxy) is 1. The maximum Gasteiger partial charge on any atom is 0.226 e. The first-order chi connectivity index (χ1) is 12.0. The molecule has 0 bridgehead atoms. The van der Waals surface area contributed by atoms with Crippen molar-refractivity contribution >= 4 is 17.5 Å². The number of amides is 2. The third-order valence-electron chi connectivity index (χ3n) is 3.89. The predicted octanol–water partition coefficient (Wildman–Crippen LogP) is 3.38. The molecule has 0 unspecified atom stereocenters. The highest BCUT2D eigenvalue weighted by atomic mass is 16.5. The third kappa shape index (κ3) is 5.95. The van der Waals surface area contributed by atoms with Crippen molar-refractivity contribution in [3.8, 4) is 5.75 Å². The molecule has 2 aromatic carbocycles. The fourth-order valence-electron chi connectivity index (χ4n) is 2.48. The van der Waals surface area contributed by atoms with Crippen LogP contribution in [0, 0.1) is 6.92 Å². The number of aryl methyl sites for hydroxylation is 1. The highest BCUT2D eigenvalue weighted by molar-refractivity contribution is 5.91. The number of methoxy groups -OCH3 is 1. The zero-order valence-electron chi connectivity index (χ0n) is 14.9. The van der Waals surface area contributed by atoms with Gasteiger partial charge in [-0.1, -0.05) is 24.3 Å². The smallest absolute Gasteiger partial charge is 0.226 e. The molecule has 0 saturated heterocycles. The summed E-state index contributed by atoms with van der Waals surface area (Å²) in [4.78, 5) is 25.6. The van der Waals surface area contributed by atoms with Crippen LogP contribution < -0.4 is 10.1 Å². The topological polar surface area (TPSA) is 58.6 Å². The van der Waals surface area contributed by atoms with Crippen molar-refractivity contribution in [2.45, 2.75) is 26.8 Å². The second-order valence-corrected chi connectivity index (χ2v) is 5.96. The molecule has 25 heavy (non-hydrogen) atoms. The number of rotatable bonds is 7. The first-order valence-electron chi connectivity index (χ1n) is 8.23. The zero-order valence-corrected chi connectivity index (χ0v) is 14.9. The highest BCUT2D eigenvalue weighted by Gasteiger charge is 2.12. The largest absolute Gasteiger partial charge is 0.497 e. The summed E-state index contributed by atoms with van der Waals surface area (Å²) in [5.41, 5.74) is 2.85. The van der Waals surface area contributed by atoms with E-state index in [0.717, 1.165) is 22.6 Å². The molecule has 0 radical (unpaired) electrons. The third-order valence-corrected chi connectivity index (χ3v) is 3.89. The van der Waals surface area contributed by atoms with Gasteiger partial charge in [-0.05, 0) is 42.3 Å². The number of carbonyl (C=O) groups is 2. The van der Waals surface area contributed by atoms with Crippen LogP contribution in [0.4, 0.5) is 5.69 Å². The number of anilines is 1. The number of hydrogen-bond acceptors (Lipinski definition) is 3. The average Bonchev–Trinajstić information content (AvgIpc) is 2.59. The van der Waals surface area contributed by atoms with Crippen LogP contribution in [0.1, 0.15) is 24.5 Å². The van der Waals surface area contributed by atoms with Crippen molar-refractivity contribution in [1.82, 2.24) is 4.90 Å². The average molecular weight is 340 g/mol. The molecule has 0 spiro atoms. The molecule has 0 atom stereocenters. The van der Waals surface area contributed by atoms with E-state index < -0.39 is 0 Å². The molecule has 132 valence electrons. The molecule has 0 heterocycles. The van der Waals surface area contributed by atoms with Gasteiger partial charge in [0.1, 0.15) is 5.75 Å². The molecule has 2 aromatic rings. The van der Waals surface area contributed by atoms with Gasteiger partial charge in [-0.25, -0.2) is 0 Å². The molecular formula is C20H24N2O3. The summed E-state index contributed by atoms with van der Waals surface area (Å²) < 4.78 is 5.13.